The SMILES string of the molecule is CCCCCCC1=C(C(NC(C)(C)C)[Si]c2ccccc2)CC=C1. The van der Waals surface area contributed by atoms with Gasteiger partial charge in [0.15, 0.2) is 0 Å². The van der Waals surface area contributed by atoms with Crippen molar-refractivity contribution in [2.24, 2.45) is 0 Å². The second-order valence-corrected chi connectivity index (χ2v) is 9.25. The maximum absolute atomic E-state index is 3.89. The van der Waals surface area contributed by atoms with Crippen LogP contribution in [0.4, 0.5) is 0 Å². The van der Waals surface area contributed by atoms with E-state index in [0.29, 0.717) is 5.67 Å². The van der Waals surface area contributed by atoms with Gasteiger partial charge < -0.3 is 5.32 Å². The maximum atomic E-state index is 3.89. The Bertz CT molecular complexity index is 551. The van der Waals surface area contributed by atoms with Crippen LogP contribution in [-0.2, 0) is 0 Å². The molecule has 1 unspecified atom stereocenters. The van der Waals surface area contributed by atoms with Crippen LogP contribution in [0.3, 0.4) is 0 Å². The van der Waals surface area contributed by atoms with Gasteiger partial charge in [0.25, 0.3) is 0 Å². The molecule has 0 spiro atoms. The van der Waals surface area contributed by atoms with Gasteiger partial charge in [0.1, 0.15) is 9.52 Å². The number of unbranched alkanes of at least 4 members (excludes halogenated alkanes) is 3. The van der Waals surface area contributed by atoms with Gasteiger partial charge in [-0.05, 0) is 51.2 Å². The van der Waals surface area contributed by atoms with Gasteiger partial charge in [-0.25, -0.2) is 0 Å². The molecule has 2 radical (unpaired) electrons. The summed E-state index contributed by atoms with van der Waals surface area (Å²) in [4.78, 5) is 0. The van der Waals surface area contributed by atoms with Crippen molar-refractivity contribution in [3.8, 4) is 0 Å². The third kappa shape index (κ3) is 6.41. The molecular formula is C22H33NSi. The summed E-state index contributed by atoms with van der Waals surface area (Å²) in [6.45, 7) is 9.11. The summed E-state index contributed by atoms with van der Waals surface area (Å²) in [5.41, 5.74) is 3.82. The third-order valence-electron chi connectivity index (χ3n) is 4.38. The van der Waals surface area contributed by atoms with E-state index >= 15 is 0 Å². The first-order chi connectivity index (χ1) is 11.5. The number of allylic oxidation sites excluding steroid dienone is 3. The smallest absolute Gasteiger partial charge is 0.108 e. The minimum atomic E-state index is 0.134. The van der Waals surface area contributed by atoms with E-state index in [2.05, 4.69) is 75.5 Å². The summed E-state index contributed by atoms with van der Waals surface area (Å²) in [7, 11) is 0.786. The Kier molecular flexibility index (Phi) is 7.51. The largest absolute Gasteiger partial charge is 0.308 e. The minimum Gasteiger partial charge on any atom is -0.308 e. The molecule has 1 aliphatic carbocycles. The van der Waals surface area contributed by atoms with Crippen LogP contribution in [0.25, 0.3) is 0 Å². The van der Waals surface area contributed by atoms with E-state index in [-0.39, 0.29) is 5.54 Å². The molecule has 0 fully saturated rings. The van der Waals surface area contributed by atoms with Crippen LogP contribution < -0.4 is 10.5 Å². The number of hydrogen-bond donors (Lipinski definition) is 1. The molecule has 1 N–H and O–H groups in total. The lowest BCUT2D eigenvalue weighted by Crippen LogP contribution is -2.50. The fourth-order valence-corrected chi connectivity index (χ4v) is 4.90. The Morgan fingerprint density at radius 2 is 1.83 bits per heavy atom. The maximum Gasteiger partial charge on any atom is 0.108 e. The Morgan fingerprint density at radius 1 is 1.08 bits per heavy atom. The zero-order valence-electron chi connectivity index (χ0n) is 15.9. The van der Waals surface area contributed by atoms with Crippen molar-refractivity contribution < 1.29 is 0 Å². The van der Waals surface area contributed by atoms with E-state index in [4.69, 9.17) is 0 Å². The monoisotopic (exact) mass is 339 g/mol. The predicted molar refractivity (Wildman–Crippen MR) is 108 cm³/mol. The van der Waals surface area contributed by atoms with Gasteiger partial charge in [0, 0.05) is 11.2 Å². The van der Waals surface area contributed by atoms with Crippen molar-refractivity contribution in [1.29, 1.82) is 0 Å². The second kappa shape index (κ2) is 9.38. The van der Waals surface area contributed by atoms with Crippen molar-refractivity contribution in [2.45, 2.75) is 77.4 Å². The highest BCUT2D eigenvalue weighted by atomic mass is 28.2. The molecule has 2 rings (SSSR count). The Labute approximate surface area is 151 Å². The van der Waals surface area contributed by atoms with E-state index in [1.807, 2.05) is 0 Å². The number of rotatable bonds is 9. The van der Waals surface area contributed by atoms with Crippen LogP contribution in [-0.4, -0.2) is 20.7 Å². The summed E-state index contributed by atoms with van der Waals surface area (Å²) in [5.74, 6) is 0. The lowest BCUT2D eigenvalue weighted by molar-refractivity contribution is 0.424. The van der Waals surface area contributed by atoms with Gasteiger partial charge in [0.05, 0.1) is 0 Å². The van der Waals surface area contributed by atoms with E-state index < -0.39 is 0 Å². The van der Waals surface area contributed by atoms with E-state index in [1.54, 1.807) is 11.1 Å². The second-order valence-electron chi connectivity index (χ2n) is 7.81. The van der Waals surface area contributed by atoms with Gasteiger partial charge in [-0.3, -0.25) is 0 Å². The highest BCUT2D eigenvalue weighted by Gasteiger charge is 2.24. The molecule has 24 heavy (non-hydrogen) atoms. The average Bonchev–Trinajstić information content (AvgIpc) is 2.99. The van der Waals surface area contributed by atoms with Crippen molar-refractivity contribution in [1.82, 2.24) is 5.32 Å². The normalized spacial score (nSPS) is 16.0. The van der Waals surface area contributed by atoms with Gasteiger partial charge in [0.2, 0.25) is 0 Å². The van der Waals surface area contributed by atoms with Gasteiger partial charge in [-0.15, -0.1) is 0 Å². The molecule has 1 aliphatic rings. The quantitative estimate of drug-likeness (QED) is 0.495. The van der Waals surface area contributed by atoms with Gasteiger partial charge >= 0.3 is 0 Å². The van der Waals surface area contributed by atoms with Crippen LogP contribution in [0.5, 0.6) is 0 Å². The molecule has 0 aliphatic heterocycles. The lowest BCUT2D eigenvalue weighted by Gasteiger charge is -2.30. The van der Waals surface area contributed by atoms with E-state index in [9.17, 15) is 0 Å². The zero-order valence-corrected chi connectivity index (χ0v) is 16.9. The van der Waals surface area contributed by atoms with Crippen LogP contribution in [0.2, 0.25) is 0 Å². The van der Waals surface area contributed by atoms with Crippen molar-refractivity contribution >= 4 is 14.7 Å². The molecule has 1 aromatic carbocycles. The fraction of sp³-hybridized carbons (Fsp3) is 0.545. The summed E-state index contributed by atoms with van der Waals surface area (Å²) in [5, 5.41) is 5.34. The van der Waals surface area contributed by atoms with Crippen molar-refractivity contribution in [3.63, 3.8) is 0 Å². The molecule has 0 bridgehead atoms. The molecule has 0 amide bonds. The lowest BCUT2D eigenvalue weighted by atomic mass is 10.0. The van der Waals surface area contributed by atoms with Crippen LogP contribution in [0, 0.1) is 0 Å². The summed E-state index contributed by atoms with van der Waals surface area (Å²) < 4.78 is 0. The summed E-state index contributed by atoms with van der Waals surface area (Å²) in [6.07, 6.45) is 12.5. The number of nitrogens with one attached hydrogen (secondary N) is 1. The number of hydrogen-bond acceptors (Lipinski definition) is 1. The Balaban J connectivity index is 2.12. The molecule has 1 aromatic rings. The highest BCUT2D eigenvalue weighted by molar-refractivity contribution is 6.56. The Hall–Kier alpha value is -1.12. The van der Waals surface area contributed by atoms with E-state index in [1.165, 1.54) is 37.3 Å². The molecule has 2 heteroatoms. The molecule has 0 aromatic heterocycles. The highest BCUT2D eigenvalue weighted by Crippen LogP contribution is 2.27. The number of benzene rings is 1. The zero-order chi connectivity index (χ0) is 17.4. The molecule has 0 saturated carbocycles. The fourth-order valence-electron chi connectivity index (χ4n) is 3.20. The van der Waals surface area contributed by atoms with Crippen LogP contribution in [0.1, 0.15) is 66.2 Å². The molecule has 0 saturated heterocycles. The first kappa shape index (κ1) is 19.2. The van der Waals surface area contributed by atoms with Crippen LogP contribution in [0.15, 0.2) is 53.6 Å². The Morgan fingerprint density at radius 3 is 2.50 bits per heavy atom. The topological polar surface area (TPSA) is 12.0 Å². The molecular weight excluding hydrogens is 306 g/mol. The first-order valence-electron chi connectivity index (χ1n) is 9.47. The molecule has 1 atom stereocenters. The molecule has 1 nitrogen and oxygen atoms in total. The van der Waals surface area contributed by atoms with Gasteiger partial charge in [-0.2, -0.15) is 0 Å². The standard InChI is InChI=1S/C22H33NSi/c1-5-6-7-9-13-18-14-12-17-20(18)21(23-22(2,3)4)24-19-15-10-8-11-16-19/h8,10-12,14-16,21,23H,5-7,9,13,17H2,1-4H3. The summed E-state index contributed by atoms with van der Waals surface area (Å²) >= 11 is 0. The summed E-state index contributed by atoms with van der Waals surface area (Å²) in [6, 6.07) is 10.9. The predicted octanol–water partition coefficient (Wildman–Crippen LogP) is 4.96. The van der Waals surface area contributed by atoms with Crippen molar-refractivity contribution in [3.05, 3.63) is 53.6 Å². The third-order valence-corrected chi connectivity index (χ3v) is 5.83. The molecule has 0 heterocycles. The van der Waals surface area contributed by atoms with E-state index in [0.717, 1.165) is 15.9 Å². The average molecular weight is 340 g/mol. The van der Waals surface area contributed by atoms with Crippen molar-refractivity contribution in [2.75, 3.05) is 0 Å². The first-order valence-corrected chi connectivity index (χ1v) is 10.5. The van der Waals surface area contributed by atoms with Gasteiger partial charge in [-0.1, -0.05) is 73.9 Å². The molecule has 130 valence electrons. The van der Waals surface area contributed by atoms with Crippen LogP contribution >= 0.6 is 0 Å². The minimum absolute atomic E-state index is 0.134.